The van der Waals surface area contributed by atoms with Crippen LogP contribution in [-0.4, -0.2) is 9.97 Å². The third-order valence-corrected chi connectivity index (χ3v) is 2.11. The highest BCUT2D eigenvalue weighted by Gasteiger charge is 2.08. The van der Waals surface area contributed by atoms with Gasteiger partial charge in [-0.1, -0.05) is 6.07 Å². The molecule has 0 atom stereocenters. The van der Waals surface area contributed by atoms with E-state index in [1.54, 1.807) is 0 Å². The van der Waals surface area contributed by atoms with Crippen LogP contribution in [0.1, 0.15) is 5.56 Å². The Morgan fingerprint density at radius 1 is 1.00 bits per heavy atom. The maximum Gasteiger partial charge on any atom is 0.223 e. The molecule has 6 heteroatoms. The number of nitrogens with one attached hydrogen (secondary N) is 1. The first kappa shape index (κ1) is 11.4. The van der Waals surface area contributed by atoms with Crippen molar-refractivity contribution in [2.24, 2.45) is 0 Å². The van der Waals surface area contributed by atoms with Crippen LogP contribution in [0.2, 0.25) is 0 Å². The van der Waals surface area contributed by atoms with Gasteiger partial charge in [-0.15, -0.1) is 0 Å². The standard InChI is InChI=1S/C11H8F3N3/c12-7-4-15-11(16-5-7)17-6-8-9(13)2-1-3-10(8)14/h1-5H,6H2,(H,15,16,17). The average Bonchev–Trinajstić information content (AvgIpc) is 2.31. The summed E-state index contributed by atoms with van der Waals surface area (Å²) in [5.41, 5.74) is -0.111. The van der Waals surface area contributed by atoms with Crippen molar-refractivity contribution in [3.63, 3.8) is 0 Å². The first-order chi connectivity index (χ1) is 8.16. The summed E-state index contributed by atoms with van der Waals surface area (Å²) in [7, 11) is 0. The summed E-state index contributed by atoms with van der Waals surface area (Å²) in [5.74, 6) is -1.78. The zero-order valence-corrected chi connectivity index (χ0v) is 8.62. The Labute approximate surface area is 95.3 Å². The fraction of sp³-hybridized carbons (Fsp3) is 0.0909. The van der Waals surface area contributed by atoms with E-state index in [0.717, 1.165) is 24.5 Å². The fourth-order valence-electron chi connectivity index (χ4n) is 1.27. The summed E-state index contributed by atoms with van der Waals surface area (Å²) in [6.45, 7) is -0.107. The van der Waals surface area contributed by atoms with Gasteiger partial charge in [0.25, 0.3) is 0 Å². The number of aromatic nitrogens is 2. The van der Waals surface area contributed by atoms with Crippen molar-refractivity contribution in [2.45, 2.75) is 6.54 Å². The van der Waals surface area contributed by atoms with Gasteiger partial charge in [0.1, 0.15) is 11.6 Å². The number of hydrogen-bond acceptors (Lipinski definition) is 3. The summed E-state index contributed by atoms with van der Waals surface area (Å²) in [6, 6.07) is 3.60. The Kier molecular flexibility index (Phi) is 3.22. The molecule has 0 unspecified atom stereocenters. The summed E-state index contributed by atoms with van der Waals surface area (Å²) < 4.78 is 39.0. The van der Waals surface area contributed by atoms with Crippen molar-refractivity contribution in [2.75, 3.05) is 5.32 Å². The van der Waals surface area contributed by atoms with E-state index in [9.17, 15) is 13.2 Å². The Morgan fingerprint density at radius 2 is 1.59 bits per heavy atom. The van der Waals surface area contributed by atoms with Gasteiger partial charge in [-0.3, -0.25) is 0 Å². The Hall–Kier alpha value is -2.11. The third kappa shape index (κ3) is 2.72. The highest BCUT2D eigenvalue weighted by molar-refractivity contribution is 5.28. The predicted molar refractivity (Wildman–Crippen MR) is 55.7 cm³/mol. The average molecular weight is 239 g/mol. The largest absolute Gasteiger partial charge is 0.350 e. The highest BCUT2D eigenvalue weighted by atomic mass is 19.1. The van der Waals surface area contributed by atoms with Crippen LogP contribution in [0.25, 0.3) is 0 Å². The summed E-state index contributed by atoms with van der Waals surface area (Å²) in [5, 5.41) is 2.60. The van der Waals surface area contributed by atoms with Gasteiger partial charge >= 0.3 is 0 Å². The molecular formula is C11H8F3N3. The van der Waals surface area contributed by atoms with Crippen molar-refractivity contribution in [3.05, 3.63) is 53.6 Å². The molecule has 0 saturated heterocycles. The number of benzene rings is 1. The zero-order valence-electron chi connectivity index (χ0n) is 8.62. The van der Waals surface area contributed by atoms with Crippen LogP contribution < -0.4 is 5.32 Å². The molecule has 0 aliphatic heterocycles. The van der Waals surface area contributed by atoms with Crippen LogP contribution >= 0.6 is 0 Å². The molecule has 17 heavy (non-hydrogen) atoms. The summed E-state index contributed by atoms with van der Waals surface area (Å²) in [4.78, 5) is 7.22. The molecule has 0 bridgehead atoms. The minimum Gasteiger partial charge on any atom is -0.350 e. The SMILES string of the molecule is Fc1cnc(NCc2c(F)cccc2F)nc1. The van der Waals surface area contributed by atoms with Crippen LogP contribution in [0.5, 0.6) is 0 Å². The van der Waals surface area contributed by atoms with Gasteiger partial charge in [-0.2, -0.15) is 0 Å². The Morgan fingerprint density at radius 3 is 2.18 bits per heavy atom. The van der Waals surface area contributed by atoms with Gasteiger partial charge < -0.3 is 5.32 Å². The second-order valence-corrected chi connectivity index (χ2v) is 3.28. The van der Waals surface area contributed by atoms with E-state index in [-0.39, 0.29) is 18.1 Å². The van der Waals surface area contributed by atoms with Gasteiger partial charge in [0.15, 0.2) is 5.82 Å². The lowest BCUT2D eigenvalue weighted by Crippen LogP contribution is -2.07. The lowest BCUT2D eigenvalue weighted by atomic mass is 10.2. The molecule has 1 heterocycles. The van der Waals surface area contributed by atoms with Crippen LogP contribution in [0.4, 0.5) is 19.1 Å². The molecule has 1 N–H and O–H groups in total. The van der Waals surface area contributed by atoms with Crippen molar-refractivity contribution in [1.29, 1.82) is 0 Å². The predicted octanol–water partition coefficient (Wildman–Crippen LogP) is 2.51. The second-order valence-electron chi connectivity index (χ2n) is 3.28. The lowest BCUT2D eigenvalue weighted by Gasteiger charge is -2.06. The third-order valence-electron chi connectivity index (χ3n) is 2.11. The molecule has 0 radical (unpaired) electrons. The van der Waals surface area contributed by atoms with Gasteiger partial charge in [0.05, 0.1) is 12.4 Å². The quantitative estimate of drug-likeness (QED) is 0.894. The molecular weight excluding hydrogens is 231 g/mol. The molecule has 0 aliphatic rings. The zero-order chi connectivity index (χ0) is 12.3. The van der Waals surface area contributed by atoms with Crippen molar-refractivity contribution < 1.29 is 13.2 Å². The van der Waals surface area contributed by atoms with E-state index in [2.05, 4.69) is 15.3 Å². The molecule has 2 aromatic rings. The molecule has 0 spiro atoms. The molecule has 1 aromatic carbocycles. The van der Waals surface area contributed by atoms with Crippen LogP contribution in [0, 0.1) is 17.5 Å². The summed E-state index contributed by atoms with van der Waals surface area (Å²) >= 11 is 0. The smallest absolute Gasteiger partial charge is 0.223 e. The van der Waals surface area contributed by atoms with E-state index in [1.165, 1.54) is 6.07 Å². The van der Waals surface area contributed by atoms with Crippen molar-refractivity contribution in [3.8, 4) is 0 Å². The van der Waals surface area contributed by atoms with E-state index >= 15 is 0 Å². The van der Waals surface area contributed by atoms with E-state index in [4.69, 9.17) is 0 Å². The topological polar surface area (TPSA) is 37.8 Å². The molecule has 3 nitrogen and oxygen atoms in total. The van der Waals surface area contributed by atoms with E-state index in [0.29, 0.717) is 0 Å². The maximum atomic E-state index is 13.2. The highest BCUT2D eigenvalue weighted by Crippen LogP contribution is 2.13. The fourth-order valence-corrected chi connectivity index (χ4v) is 1.27. The van der Waals surface area contributed by atoms with Crippen LogP contribution in [0.3, 0.4) is 0 Å². The minimum atomic E-state index is -0.653. The van der Waals surface area contributed by atoms with Crippen LogP contribution in [0.15, 0.2) is 30.6 Å². The number of anilines is 1. The molecule has 0 amide bonds. The maximum absolute atomic E-state index is 13.2. The Bertz CT molecular complexity index is 494. The summed E-state index contributed by atoms with van der Waals surface area (Å²) in [6.07, 6.45) is 1.93. The molecule has 0 aliphatic carbocycles. The minimum absolute atomic E-state index is 0.106. The molecule has 88 valence electrons. The monoisotopic (exact) mass is 239 g/mol. The number of hydrogen-bond donors (Lipinski definition) is 1. The Balaban J connectivity index is 2.10. The van der Waals surface area contributed by atoms with Crippen LogP contribution in [-0.2, 0) is 6.54 Å². The van der Waals surface area contributed by atoms with Crippen molar-refractivity contribution in [1.82, 2.24) is 9.97 Å². The number of nitrogens with zero attached hydrogens (tertiary/aromatic N) is 2. The van der Waals surface area contributed by atoms with Gasteiger partial charge in [0.2, 0.25) is 5.95 Å². The lowest BCUT2D eigenvalue weighted by molar-refractivity contribution is 0.559. The molecule has 0 fully saturated rings. The molecule has 1 aromatic heterocycles. The number of rotatable bonds is 3. The molecule has 2 rings (SSSR count). The second kappa shape index (κ2) is 4.82. The van der Waals surface area contributed by atoms with Gasteiger partial charge in [-0.25, -0.2) is 23.1 Å². The van der Waals surface area contributed by atoms with Gasteiger partial charge in [0, 0.05) is 12.1 Å². The van der Waals surface area contributed by atoms with E-state index in [1.807, 2.05) is 0 Å². The number of halogens is 3. The van der Waals surface area contributed by atoms with Crippen molar-refractivity contribution >= 4 is 5.95 Å². The first-order valence-corrected chi connectivity index (χ1v) is 4.81. The normalized spacial score (nSPS) is 10.3. The first-order valence-electron chi connectivity index (χ1n) is 4.81. The van der Waals surface area contributed by atoms with E-state index < -0.39 is 17.5 Å². The van der Waals surface area contributed by atoms with Gasteiger partial charge in [-0.05, 0) is 12.1 Å². The molecule has 0 saturated carbocycles.